The van der Waals surface area contributed by atoms with Crippen LogP contribution in [0.1, 0.15) is 38.3 Å². The summed E-state index contributed by atoms with van der Waals surface area (Å²) in [7, 11) is -0.820. The first-order chi connectivity index (χ1) is 11.4. The van der Waals surface area contributed by atoms with Gasteiger partial charge in [0.25, 0.3) is 0 Å². The van der Waals surface area contributed by atoms with Gasteiger partial charge in [-0.1, -0.05) is 25.4 Å². The Morgan fingerprint density at radius 2 is 2.17 bits per heavy atom. The summed E-state index contributed by atoms with van der Waals surface area (Å²) < 4.78 is 17.7. The number of hydrogen-bond donors (Lipinski definition) is 1. The van der Waals surface area contributed by atoms with Crippen molar-refractivity contribution in [2.45, 2.75) is 44.1 Å². The summed E-state index contributed by atoms with van der Waals surface area (Å²) in [6.45, 7) is 4.10. The molecule has 24 heavy (non-hydrogen) atoms. The van der Waals surface area contributed by atoms with Crippen molar-refractivity contribution >= 4 is 33.2 Å². The average Bonchev–Trinajstić information content (AvgIpc) is 2.56. The SMILES string of the molecule is CCC(N)c1cnc(O[C@@H]2C[C@H](S(C)=O)C2C)c2cnc(Cl)cc12. The van der Waals surface area contributed by atoms with E-state index in [1.165, 1.54) is 0 Å². The van der Waals surface area contributed by atoms with Crippen molar-refractivity contribution in [3.05, 3.63) is 29.2 Å². The molecule has 2 aromatic rings. The fourth-order valence-corrected chi connectivity index (χ4v) is 4.55. The van der Waals surface area contributed by atoms with Crippen molar-refractivity contribution < 1.29 is 8.95 Å². The lowest BCUT2D eigenvalue weighted by molar-refractivity contribution is 0.0606. The van der Waals surface area contributed by atoms with Crippen LogP contribution in [0, 0.1) is 5.92 Å². The lowest BCUT2D eigenvalue weighted by atomic mass is 9.83. The molecule has 3 unspecified atom stereocenters. The van der Waals surface area contributed by atoms with Crippen LogP contribution < -0.4 is 10.5 Å². The zero-order valence-electron chi connectivity index (χ0n) is 14.0. The van der Waals surface area contributed by atoms with Gasteiger partial charge in [-0.25, -0.2) is 9.97 Å². The summed E-state index contributed by atoms with van der Waals surface area (Å²) >= 11 is 6.07. The third kappa shape index (κ3) is 3.15. The first-order valence-electron chi connectivity index (χ1n) is 8.11. The number of halogens is 1. The molecule has 2 N–H and O–H groups in total. The van der Waals surface area contributed by atoms with E-state index >= 15 is 0 Å². The lowest BCUT2D eigenvalue weighted by Gasteiger charge is -2.40. The molecule has 2 heterocycles. The largest absolute Gasteiger partial charge is 0.473 e. The molecule has 1 fully saturated rings. The predicted molar refractivity (Wildman–Crippen MR) is 97.8 cm³/mol. The second-order valence-electron chi connectivity index (χ2n) is 6.37. The summed E-state index contributed by atoms with van der Waals surface area (Å²) in [6.07, 6.45) is 6.81. The monoisotopic (exact) mass is 367 g/mol. The molecule has 7 heteroatoms. The Balaban J connectivity index is 1.94. The zero-order valence-corrected chi connectivity index (χ0v) is 15.6. The molecular formula is C17H22ClN3O2S. The van der Waals surface area contributed by atoms with Crippen LogP contribution in [0.25, 0.3) is 10.8 Å². The second kappa shape index (κ2) is 6.94. The fraction of sp³-hybridized carbons (Fsp3) is 0.529. The van der Waals surface area contributed by atoms with Gasteiger partial charge in [0.1, 0.15) is 11.3 Å². The van der Waals surface area contributed by atoms with Crippen molar-refractivity contribution in [3.8, 4) is 5.88 Å². The van der Waals surface area contributed by atoms with Crippen LogP contribution in [-0.2, 0) is 10.8 Å². The molecule has 0 spiro atoms. The Labute approximate surface area is 149 Å². The van der Waals surface area contributed by atoms with E-state index in [9.17, 15) is 4.21 Å². The lowest BCUT2D eigenvalue weighted by Crippen LogP contribution is -2.49. The molecule has 0 aliphatic heterocycles. The van der Waals surface area contributed by atoms with Crippen LogP contribution >= 0.6 is 11.6 Å². The maximum atomic E-state index is 11.6. The molecule has 1 aliphatic carbocycles. The van der Waals surface area contributed by atoms with Gasteiger partial charge < -0.3 is 10.5 Å². The fourth-order valence-electron chi connectivity index (χ4n) is 3.15. The van der Waals surface area contributed by atoms with Crippen LogP contribution in [0.15, 0.2) is 18.5 Å². The summed E-state index contributed by atoms with van der Waals surface area (Å²) in [4.78, 5) is 8.63. The highest BCUT2D eigenvalue weighted by Gasteiger charge is 2.42. The minimum atomic E-state index is -0.820. The topological polar surface area (TPSA) is 78.1 Å². The van der Waals surface area contributed by atoms with E-state index in [-0.39, 0.29) is 23.3 Å². The number of pyridine rings is 2. The van der Waals surface area contributed by atoms with E-state index in [0.29, 0.717) is 11.0 Å². The number of aromatic nitrogens is 2. The van der Waals surface area contributed by atoms with Gasteiger partial charge in [0.05, 0.1) is 5.39 Å². The highest BCUT2D eigenvalue weighted by molar-refractivity contribution is 7.85. The molecule has 5 atom stereocenters. The van der Waals surface area contributed by atoms with Gasteiger partial charge in [0, 0.05) is 46.7 Å². The molecule has 130 valence electrons. The molecular weight excluding hydrogens is 346 g/mol. The quantitative estimate of drug-likeness (QED) is 0.821. The van der Waals surface area contributed by atoms with E-state index in [4.69, 9.17) is 22.1 Å². The smallest absolute Gasteiger partial charge is 0.223 e. The van der Waals surface area contributed by atoms with Gasteiger partial charge in [-0.2, -0.15) is 0 Å². The molecule has 0 amide bonds. The Kier molecular flexibility index (Phi) is 5.08. The number of hydrogen-bond acceptors (Lipinski definition) is 5. The Bertz CT molecular complexity index is 786. The second-order valence-corrected chi connectivity index (χ2v) is 8.36. The number of nitrogens with zero attached hydrogens (tertiary/aromatic N) is 2. The number of nitrogens with two attached hydrogens (primary N) is 1. The van der Waals surface area contributed by atoms with Crippen LogP contribution in [0.2, 0.25) is 5.15 Å². The van der Waals surface area contributed by atoms with Crippen LogP contribution in [0.5, 0.6) is 5.88 Å². The molecule has 3 rings (SSSR count). The molecule has 5 nitrogen and oxygen atoms in total. The standard InChI is InChI=1S/C17H22ClN3O2S/c1-4-13(19)11-7-21-17(12-8-20-16(18)5-10(11)12)23-14-6-15(9(14)2)24(3)22/h5,7-9,13-15H,4,6,19H2,1-3H3/t9?,13?,14-,15+,24?/m1/s1. The van der Waals surface area contributed by atoms with Crippen LogP contribution in [0.3, 0.4) is 0 Å². The highest BCUT2D eigenvalue weighted by Crippen LogP contribution is 2.37. The summed E-state index contributed by atoms with van der Waals surface area (Å²) in [5, 5.41) is 2.36. The number of rotatable bonds is 5. The first kappa shape index (κ1) is 17.6. The van der Waals surface area contributed by atoms with Crippen molar-refractivity contribution in [1.82, 2.24) is 9.97 Å². The predicted octanol–water partition coefficient (Wildman–Crippen LogP) is 3.23. The van der Waals surface area contributed by atoms with Crippen LogP contribution in [-0.4, -0.2) is 31.8 Å². The van der Waals surface area contributed by atoms with Crippen molar-refractivity contribution in [2.24, 2.45) is 11.7 Å². The average molecular weight is 368 g/mol. The maximum absolute atomic E-state index is 11.6. The van der Waals surface area contributed by atoms with Gasteiger partial charge in [0.15, 0.2) is 0 Å². The molecule has 0 saturated heterocycles. The highest BCUT2D eigenvalue weighted by atomic mass is 35.5. The summed E-state index contributed by atoms with van der Waals surface area (Å²) in [6, 6.07) is 1.70. The van der Waals surface area contributed by atoms with Gasteiger partial charge in [-0.15, -0.1) is 0 Å². The Morgan fingerprint density at radius 3 is 2.79 bits per heavy atom. The third-order valence-corrected chi connectivity index (χ3v) is 6.58. The maximum Gasteiger partial charge on any atom is 0.223 e. The first-order valence-corrected chi connectivity index (χ1v) is 10.1. The number of fused-ring (bicyclic) bond motifs is 1. The van der Waals surface area contributed by atoms with Gasteiger partial charge in [0.2, 0.25) is 5.88 Å². The van der Waals surface area contributed by atoms with Crippen molar-refractivity contribution in [2.75, 3.05) is 6.26 Å². The van der Waals surface area contributed by atoms with E-state index in [1.807, 2.05) is 13.0 Å². The molecule has 0 aromatic carbocycles. The van der Waals surface area contributed by atoms with Gasteiger partial charge >= 0.3 is 0 Å². The van der Waals surface area contributed by atoms with Crippen molar-refractivity contribution in [1.29, 1.82) is 0 Å². The minimum Gasteiger partial charge on any atom is -0.473 e. The Morgan fingerprint density at radius 1 is 1.42 bits per heavy atom. The number of ether oxygens (including phenoxy) is 1. The van der Waals surface area contributed by atoms with Crippen molar-refractivity contribution in [3.63, 3.8) is 0 Å². The molecule has 2 aromatic heterocycles. The summed E-state index contributed by atoms with van der Waals surface area (Å²) in [5.74, 6) is 0.781. The van der Waals surface area contributed by atoms with E-state index in [2.05, 4.69) is 16.9 Å². The van der Waals surface area contributed by atoms with Crippen LogP contribution in [0.4, 0.5) is 0 Å². The molecule has 0 radical (unpaired) electrons. The molecule has 1 saturated carbocycles. The minimum absolute atomic E-state index is 0.0241. The zero-order chi connectivity index (χ0) is 17.4. The molecule has 0 bridgehead atoms. The Hall–Kier alpha value is -1.24. The normalized spacial score (nSPS) is 26.0. The van der Waals surface area contributed by atoms with E-state index in [0.717, 1.165) is 29.2 Å². The molecule has 1 aliphatic rings. The van der Waals surface area contributed by atoms with E-state index < -0.39 is 10.8 Å². The third-order valence-electron chi connectivity index (χ3n) is 4.90. The van der Waals surface area contributed by atoms with Gasteiger partial charge in [-0.05, 0) is 29.9 Å². The van der Waals surface area contributed by atoms with E-state index in [1.54, 1.807) is 18.6 Å². The summed E-state index contributed by atoms with van der Waals surface area (Å²) in [5.41, 5.74) is 7.14. The van der Waals surface area contributed by atoms with Gasteiger partial charge in [-0.3, -0.25) is 4.21 Å².